The van der Waals surface area contributed by atoms with Crippen LogP contribution in [-0.4, -0.2) is 74.4 Å². The number of nitrogens with two attached hydrogens (primary N) is 1. The predicted molar refractivity (Wildman–Crippen MR) is 209 cm³/mol. The number of hydrogen-bond acceptors (Lipinski definition) is 8. The summed E-state index contributed by atoms with van der Waals surface area (Å²) in [6.45, 7) is 6.27. The lowest BCUT2D eigenvalue weighted by Crippen LogP contribution is -2.60. The molecule has 56 heavy (non-hydrogen) atoms. The highest BCUT2D eigenvalue weighted by atomic mass is 16.6. The van der Waals surface area contributed by atoms with Gasteiger partial charge in [-0.25, -0.2) is 9.69 Å². The summed E-state index contributed by atoms with van der Waals surface area (Å²) in [5, 5.41) is 17.4. The summed E-state index contributed by atoms with van der Waals surface area (Å²) in [6, 6.07) is 25.5. The van der Waals surface area contributed by atoms with Crippen molar-refractivity contribution in [3.05, 3.63) is 120 Å². The molecule has 0 spiro atoms. The Balaban J connectivity index is 1.46. The van der Waals surface area contributed by atoms with E-state index in [2.05, 4.69) is 15.6 Å². The van der Waals surface area contributed by atoms with Crippen LogP contribution in [-0.2, 0) is 35.1 Å². The fraction of sp³-hybridized carbons (Fsp3) is 0.302. The Hall–Kier alpha value is -6.34. The van der Waals surface area contributed by atoms with E-state index in [1.165, 1.54) is 6.92 Å². The molecule has 13 nitrogen and oxygen atoms in total. The Morgan fingerprint density at radius 1 is 0.804 bits per heavy atom. The number of para-hydroxylation sites is 1. The van der Waals surface area contributed by atoms with Crippen molar-refractivity contribution in [2.24, 2.45) is 11.7 Å². The molecule has 290 valence electrons. The van der Waals surface area contributed by atoms with E-state index in [-0.39, 0.29) is 6.42 Å². The molecule has 13 heteroatoms. The standard InChI is InChI=1S/C43H45N5O8/c1-24(44)38(51)46-33(22-34(49)50)40(53)48(39(52)32(47-42(55)56-43(2,3)4)21-29-23-45-31-17-11-10-16-30(29)31)41(54)37-35(26-13-6-5-7-14-26)36(37)28-19-18-25-12-8-9-15-27(25)20-28/h5-20,23-24,32-33,35-37,45H,21-22,44H2,1-4H3,(H,46,51)(H,47,55)(H,49,50)/t24-,32-,33-,35+,36?,37-/m0/s1. The van der Waals surface area contributed by atoms with E-state index in [9.17, 15) is 24.3 Å². The van der Waals surface area contributed by atoms with Crippen molar-refractivity contribution >= 4 is 57.4 Å². The Morgan fingerprint density at radius 3 is 2.11 bits per heavy atom. The van der Waals surface area contributed by atoms with Gasteiger partial charge in [0.2, 0.25) is 11.8 Å². The van der Waals surface area contributed by atoms with Gasteiger partial charge in [-0.05, 0) is 61.2 Å². The average molecular weight is 760 g/mol. The van der Waals surface area contributed by atoms with Crippen molar-refractivity contribution in [3.63, 3.8) is 0 Å². The number of aromatic nitrogens is 1. The normalized spacial score (nSPS) is 18.0. The minimum Gasteiger partial charge on any atom is -0.481 e. The molecule has 1 unspecified atom stereocenters. The summed E-state index contributed by atoms with van der Waals surface area (Å²) in [5.41, 5.74) is 7.72. The Labute approximate surface area is 323 Å². The highest BCUT2D eigenvalue weighted by Crippen LogP contribution is 2.61. The second kappa shape index (κ2) is 16.2. The van der Waals surface area contributed by atoms with Crippen molar-refractivity contribution in [2.45, 2.75) is 76.1 Å². The number of nitrogens with zero attached hydrogens (tertiary/aromatic N) is 1. The molecule has 1 fully saturated rings. The summed E-state index contributed by atoms with van der Waals surface area (Å²) in [7, 11) is 0. The summed E-state index contributed by atoms with van der Waals surface area (Å²) in [5.74, 6) is -7.58. The second-order valence-electron chi connectivity index (χ2n) is 15.2. The van der Waals surface area contributed by atoms with Gasteiger partial charge in [0, 0.05) is 35.4 Å². The zero-order chi connectivity index (χ0) is 40.3. The third-order valence-corrected chi connectivity index (χ3v) is 9.80. The quantitative estimate of drug-likeness (QED) is 0.114. The molecule has 0 aliphatic heterocycles. The highest BCUT2D eigenvalue weighted by Gasteiger charge is 2.59. The third kappa shape index (κ3) is 8.79. The number of ether oxygens (including phenoxy) is 1. The molecule has 5 aromatic rings. The first-order valence-electron chi connectivity index (χ1n) is 18.4. The van der Waals surface area contributed by atoms with E-state index in [1.807, 2.05) is 91.0 Å². The van der Waals surface area contributed by atoms with E-state index < -0.39 is 83.6 Å². The minimum absolute atomic E-state index is 0.185. The maximum Gasteiger partial charge on any atom is 0.408 e. The summed E-state index contributed by atoms with van der Waals surface area (Å²) < 4.78 is 5.50. The van der Waals surface area contributed by atoms with Crippen LogP contribution in [0.4, 0.5) is 4.79 Å². The predicted octanol–water partition coefficient (Wildman–Crippen LogP) is 5.14. The molecular weight excluding hydrogens is 714 g/mol. The number of carbonyl (C=O) groups excluding carboxylic acids is 5. The van der Waals surface area contributed by atoms with E-state index >= 15 is 9.59 Å². The fourth-order valence-electron chi connectivity index (χ4n) is 7.17. The monoisotopic (exact) mass is 759 g/mol. The fourth-order valence-corrected chi connectivity index (χ4v) is 7.17. The lowest BCUT2D eigenvalue weighted by Gasteiger charge is -2.29. The molecule has 1 heterocycles. The zero-order valence-electron chi connectivity index (χ0n) is 31.5. The van der Waals surface area contributed by atoms with Gasteiger partial charge in [-0.15, -0.1) is 0 Å². The van der Waals surface area contributed by atoms with Crippen molar-refractivity contribution in [3.8, 4) is 0 Å². The summed E-state index contributed by atoms with van der Waals surface area (Å²) >= 11 is 0. The minimum atomic E-state index is -1.86. The van der Waals surface area contributed by atoms with Gasteiger partial charge in [0.15, 0.2) is 0 Å². The van der Waals surface area contributed by atoms with Crippen molar-refractivity contribution in [1.29, 1.82) is 0 Å². The molecule has 1 aliphatic rings. The van der Waals surface area contributed by atoms with Crippen LogP contribution in [0.15, 0.2) is 103 Å². The van der Waals surface area contributed by atoms with Crippen molar-refractivity contribution in [1.82, 2.24) is 20.5 Å². The molecule has 1 aliphatic carbocycles. The maximum atomic E-state index is 15.1. The van der Waals surface area contributed by atoms with Gasteiger partial charge in [0.25, 0.3) is 11.8 Å². The van der Waals surface area contributed by atoms with Crippen molar-refractivity contribution < 1.29 is 38.6 Å². The Morgan fingerprint density at radius 2 is 1.43 bits per heavy atom. The molecule has 6 rings (SSSR count). The van der Waals surface area contributed by atoms with E-state index in [0.29, 0.717) is 10.5 Å². The number of aromatic amines is 1. The van der Waals surface area contributed by atoms with Crippen LogP contribution in [0.5, 0.6) is 0 Å². The number of nitrogens with one attached hydrogen (secondary N) is 3. The van der Waals surface area contributed by atoms with Crippen molar-refractivity contribution in [2.75, 3.05) is 0 Å². The lowest BCUT2D eigenvalue weighted by atomic mass is 10.0. The number of imide groups is 3. The topological polar surface area (TPSA) is 201 Å². The molecule has 5 amide bonds. The number of carboxylic acids is 1. The van der Waals surface area contributed by atoms with Gasteiger partial charge < -0.3 is 31.2 Å². The van der Waals surface area contributed by atoms with Gasteiger partial charge in [-0.2, -0.15) is 0 Å². The summed E-state index contributed by atoms with van der Waals surface area (Å²) in [6.07, 6.45) is -0.462. The molecule has 6 N–H and O–H groups in total. The molecule has 6 atom stereocenters. The molecule has 1 aromatic heterocycles. The number of alkyl carbamates (subject to hydrolysis) is 1. The first kappa shape index (κ1) is 39.4. The maximum absolute atomic E-state index is 15.1. The largest absolute Gasteiger partial charge is 0.481 e. The van der Waals surface area contributed by atoms with Crippen LogP contribution in [0, 0.1) is 5.92 Å². The van der Waals surface area contributed by atoms with Crippen LogP contribution in [0.1, 0.15) is 62.6 Å². The van der Waals surface area contributed by atoms with E-state index in [0.717, 1.165) is 32.8 Å². The van der Waals surface area contributed by atoms with Crippen LogP contribution in [0.2, 0.25) is 0 Å². The molecule has 0 saturated heterocycles. The molecule has 4 aromatic carbocycles. The number of hydrogen-bond donors (Lipinski definition) is 5. The molecule has 1 saturated carbocycles. The van der Waals surface area contributed by atoms with Crippen LogP contribution < -0.4 is 16.4 Å². The Kier molecular flexibility index (Phi) is 11.4. The molecular formula is C43H45N5O8. The number of rotatable bonds is 12. The lowest BCUT2D eigenvalue weighted by molar-refractivity contribution is -0.159. The zero-order valence-corrected chi connectivity index (χ0v) is 31.5. The number of aliphatic carboxylic acids is 1. The SMILES string of the molecule is C[C@H](N)C(=O)N[C@@H](CC(=O)O)C(=O)N(C(=O)[C@H](Cc1c[nH]c2ccccc12)NC(=O)OC(C)(C)C)C(=O)[C@@H]1C(c2ccc3ccccc3c2)[C@H]1c1ccccc1. The van der Waals surface area contributed by atoms with Crippen LogP contribution in [0.3, 0.4) is 0 Å². The van der Waals surface area contributed by atoms with Crippen LogP contribution >= 0.6 is 0 Å². The number of amides is 5. The molecule has 0 bridgehead atoms. The van der Waals surface area contributed by atoms with Gasteiger partial charge in [0.1, 0.15) is 17.7 Å². The molecule has 0 radical (unpaired) electrons. The van der Waals surface area contributed by atoms with Crippen LogP contribution in [0.25, 0.3) is 21.7 Å². The smallest absolute Gasteiger partial charge is 0.408 e. The number of carbonyl (C=O) groups is 6. The number of H-pyrrole nitrogens is 1. The van der Waals surface area contributed by atoms with E-state index in [1.54, 1.807) is 33.0 Å². The first-order valence-corrected chi connectivity index (χ1v) is 18.4. The van der Waals surface area contributed by atoms with Gasteiger partial charge >= 0.3 is 12.1 Å². The van der Waals surface area contributed by atoms with Gasteiger partial charge in [0.05, 0.1) is 18.4 Å². The number of benzene rings is 4. The third-order valence-electron chi connectivity index (χ3n) is 9.80. The van der Waals surface area contributed by atoms with Gasteiger partial charge in [-0.1, -0.05) is 91.0 Å². The summed E-state index contributed by atoms with van der Waals surface area (Å²) in [4.78, 5) is 86.6. The number of carboxylic acid groups (broad SMARTS) is 1. The Bertz CT molecular complexity index is 2300. The average Bonchev–Trinajstić information content (AvgIpc) is 3.78. The first-order chi connectivity index (χ1) is 26.6. The number of fused-ring (bicyclic) bond motifs is 2. The highest BCUT2D eigenvalue weighted by molar-refractivity contribution is 6.16. The second-order valence-corrected chi connectivity index (χ2v) is 15.2. The van der Waals surface area contributed by atoms with Gasteiger partial charge in [-0.3, -0.25) is 24.0 Å². The van der Waals surface area contributed by atoms with E-state index in [4.69, 9.17) is 10.5 Å².